The van der Waals surface area contributed by atoms with Gasteiger partial charge < -0.3 is 16.2 Å². The molecule has 0 aliphatic carbocycles. The Hall–Kier alpha value is -0.610. The number of aliphatic hydroxyl groups is 1. The van der Waals surface area contributed by atoms with Crippen molar-refractivity contribution < 1.29 is 9.90 Å². The second-order valence-electron chi connectivity index (χ2n) is 4.50. The van der Waals surface area contributed by atoms with E-state index in [2.05, 4.69) is 5.32 Å². The highest BCUT2D eigenvalue weighted by molar-refractivity contribution is 5.77. The van der Waals surface area contributed by atoms with Crippen LogP contribution in [0.2, 0.25) is 0 Å². The highest BCUT2D eigenvalue weighted by Gasteiger charge is 2.17. The number of nitrogens with two attached hydrogens (primary N) is 1. The lowest BCUT2D eigenvalue weighted by molar-refractivity contribution is -0.122. The van der Waals surface area contributed by atoms with E-state index in [0.29, 0.717) is 12.8 Å². The minimum atomic E-state index is -0.458. The Labute approximate surface area is 85.9 Å². The minimum Gasteiger partial charge on any atom is -0.396 e. The molecule has 0 spiro atoms. The molecule has 1 unspecified atom stereocenters. The standard InChI is InChI=1S/C10H22N2O2/c1-8(5-4-6-13)12-9(14)7-10(2,3)11/h8,13H,4-7,11H2,1-3H3,(H,12,14). The summed E-state index contributed by atoms with van der Waals surface area (Å²) < 4.78 is 0. The SMILES string of the molecule is CC(CCCO)NC(=O)CC(C)(C)N. The Morgan fingerprint density at radius 2 is 2.14 bits per heavy atom. The van der Waals surface area contributed by atoms with Crippen LogP contribution in [0, 0.1) is 0 Å². The van der Waals surface area contributed by atoms with Crippen LogP contribution in [0.3, 0.4) is 0 Å². The number of hydrogen-bond donors (Lipinski definition) is 3. The van der Waals surface area contributed by atoms with Crippen LogP contribution in [-0.4, -0.2) is 29.2 Å². The Bertz CT molecular complexity index is 175. The Balaban J connectivity index is 3.71. The Kier molecular flexibility index (Phi) is 5.72. The van der Waals surface area contributed by atoms with Crippen LogP contribution in [0.15, 0.2) is 0 Å². The van der Waals surface area contributed by atoms with E-state index in [1.54, 1.807) is 0 Å². The second-order valence-corrected chi connectivity index (χ2v) is 4.50. The van der Waals surface area contributed by atoms with Gasteiger partial charge in [-0.25, -0.2) is 0 Å². The van der Waals surface area contributed by atoms with E-state index in [0.717, 1.165) is 6.42 Å². The van der Waals surface area contributed by atoms with Gasteiger partial charge in [-0.05, 0) is 33.6 Å². The highest BCUT2D eigenvalue weighted by Crippen LogP contribution is 2.04. The molecule has 0 fully saturated rings. The number of amides is 1. The van der Waals surface area contributed by atoms with Crippen molar-refractivity contribution in [1.82, 2.24) is 5.32 Å². The van der Waals surface area contributed by atoms with E-state index < -0.39 is 5.54 Å². The molecular weight excluding hydrogens is 180 g/mol. The molecule has 0 aromatic carbocycles. The molecular formula is C10H22N2O2. The van der Waals surface area contributed by atoms with E-state index in [9.17, 15) is 4.79 Å². The van der Waals surface area contributed by atoms with Gasteiger partial charge in [-0.3, -0.25) is 4.79 Å². The fourth-order valence-electron chi connectivity index (χ4n) is 1.21. The molecule has 0 bridgehead atoms. The van der Waals surface area contributed by atoms with Crippen LogP contribution in [-0.2, 0) is 4.79 Å². The Morgan fingerprint density at radius 3 is 2.57 bits per heavy atom. The predicted octanol–water partition coefficient (Wildman–Crippen LogP) is 0.391. The zero-order chi connectivity index (χ0) is 11.2. The first-order valence-electron chi connectivity index (χ1n) is 5.04. The van der Waals surface area contributed by atoms with Gasteiger partial charge in [-0.1, -0.05) is 0 Å². The summed E-state index contributed by atoms with van der Waals surface area (Å²) in [4.78, 5) is 11.4. The van der Waals surface area contributed by atoms with Crippen LogP contribution >= 0.6 is 0 Å². The van der Waals surface area contributed by atoms with Crippen molar-refractivity contribution in [3.05, 3.63) is 0 Å². The predicted molar refractivity (Wildman–Crippen MR) is 56.8 cm³/mol. The molecule has 4 heteroatoms. The smallest absolute Gasteiger partial charge is 0.222 e. The molecule has 0 radical (unpaired) electrons. The van der Waals surface area contributed by atoms with E-state index in [1.807, 2.05) is 20.8 Å². The number of nitrogens with one attached hydrogen (secondary N) is 1. The molecule has 0 saturated heterocycles. The third-order valence-corrected chi connectivity index (χ3v) is 1.82. The maximum atomic E-state index is 11.4. The summed E-state index contributed by atoms with van der Waals surface area (Å²) in [6.45, 7) is 5.75. The molecule has 4 N–H and O–H groups in total. The van der Waals surface area contributed by atoms with Crippen LogP contribution in [0.4, 0.5) is 0 Å². The van der Waals surface area contributed by atoms with Crippen molar-refractivity contribution >= 4 is 5.91 Å². The summed E-state index contributed by atoms with van der Waals surface area (Å²) in [7, 11) is 0. The van der Waals surface area contributed by atoms with E-state index >= 15 is 0 Å². The number of carbonyl (C=O) groups excluding carboxylic acids is 1. The average molecular weight is 202 g/mol. The summed E-state index contributed by atoms with van der Waals surface area (Å²) >= 11 is 0. The van der Waals surface area contributed by atoms with Gasteiger partial charge in [0.05, 0.1) is 0 Å². The first-order valence-corrected chi connectivity index (χ1v) is 5.04. The molecule has 0 aromatic rings. The largest absolute Gasteiger partial charge is 0.396 e. The first-order chi connectivity index (χ1) is 6.35. The van der Waals surface area contributed by atoms with Gasteiger partial charge in [0, 0.05) is 24.6 Å². The average Bonchev–Trinajstić information content (AvgIpc) is 1.96. The van der Waals surface area contributed by atoms with Crippen LogP contribution in [0.1, 0.15) is 40.0 Å². The summed E-state index contributed by atoms with van der Waals surface area (Å²) in [5.74, 6) is -0.0251. The quantitative estimate of drug-likeness (QED) is 0.583. The fourth-order valence-corrected chi connectivity index (χ4v) is 1.21. The van der Waals surface area contributed by atoms with E-state index in [-0.39, 0.29) is 18.6 Å². The van der Waals surface area contributed by atoms with Crippen LogP contribution in [0.25, 0.3) is 0 Å². The van der Waals surface area contributed by atoms with Gasteiger partial charge >= 0.3 is 0 Å². The van der Waals surface area contributed by atoms with Crippen molar-refractivity contribution in [3.8, 4) is 0 Å². The maximum Gasteiger partial charge on any atom is 0.222 e. The first kappa shape index (κ1) is 13.4. The van der Waals surface area contributed by atoms with E-state index in [4.69, 9.17) is 10.8 Å². The normalized spacial score (nSPS) is 13.8. The molecule has 0 aliphatic rings. The molecule has 14 heavy (non-hydrogen) atoms. The van der Waals surface area contributed by atoms with Crippen LogP contribution in [0.5, 0.6) is 0 Å². The lowest BCUT2D eigenvalue weighted by atomic mass is 10.0. The number of rotatable bonds is 6. The molecule has 0 heterocycles. The second kappa shape index (κ2) is 5.98. The minimum absolute atomic E-state index is 0.0251. The third kappa shape index (κ3) is 8.01. The fraction of sp³-hybridized carbons (Fsp3) is 0.900. The Morgan fingerprint density at radius 1 is 1.57 bits per heavy atom. The molecule has 1 amide bonds. The van der Waals surface area contributed by atoms with Gasteiger partial charge in [-0.2, -0.15) is 0 Å². The van der Waals surface area contributed by atoms with Crippen molar-refractivity contribution in [2.75, 3.05) is 6.61 Å². The molecule has 0 aromatic heterocycles. The topological polar surface area (TPSA) is 75.3 Å². The number of carbonyl (C=O) groups is 1. The summed E-state index contributed by atoms with van der Waals surface area (Å²) in [5, 5.41) is 11.4. The monoisotopic (exact) mass is 202 g/mol. The van der Waals surface area contributed by atoms with Crippen molar-refractivity contribution in [2.45, 2.75) is 51.6 Å². The highest BCUT2D eigenvalue weighted by atomic mass is 16.2. The molecule has 0 aliphatic heterocycles. The number of aliphatic hydroxyl groups excluding tert-OH is 1. The van der Waals surface area contributed by atoms with Gasteiger partial charge in [0.15, 0.2) is 0 Å². The lowest BCUT2D eigenvalue weighted by Crippen LogP contribution is -2.41. The van der Waals surface area contributed by atoms with Gasteiger partial charge in [0.2, 0.25) is 5.91 Å². The molecule has 84 valence electrons. The van der Waals surface area contributed by atoms with Crippen molar-refractivity contribution in [2.24, 2.45) is 5.73 Å². The van der Waals surface area contributed by atoms with Crippen molar-refractivity contribution in [3.63, 3.8) is 0 Å². The molecule has 1 atom stereocenters. The molecule has 0 saturated carbocycles. The van der Waals surface area contributed by atoms with Gasteiger partial charge in [-0.15, -0.1) is 0 Å². The summed E-state index contributed by atoms with van der Waals surface area (Å²) in [6, 6.07) is 0.108. The molecule has 4 nitrogen and oxygen atoms in total. The maximum absolute atomic E-state index is 11.4. The summed E-state index contributed by atoms with van der Waals surface area (Å²) in [5.41, 5.74) is 5.25. The molecule has 0 rings (SSSR count). The van der Waals surface area contributed by atoms with Crippen LogP contribution < -0.4 is 11.1 Å². The third-order valence-electron chi connectivity index (χ3n) is 1.82. The zero-order valence-corrected chi connectivity index (χ0v) is 9.34. The summed E-state index contributed by atoms with van der Waals surface area (Å²) in [6.07, 6.45) is 1.84. The lowest BCUT2D eigenvalue weighted by Gasteiger charge is -2.20. The number of hydrogen-bond acceptors (Lipinski definition) is 3. The zero-order valence-electron chi connectivity index (χ0n) is 9.34. The van der Waals surface area contributed by atoms with E-state index in [1.165, 1.54) is 0 Å². The van der Waals surface area contributed by atoms with Crippen molar-refractivity contribution in [1.29, 1.82) is 0 Å². The van der Waals surface area contributed by atoms with Gasteiger partial charge in [0.1, 0.15) is 0 Å². The van der Waals surface area contributed by atoms with Gasteiger partial charge in [0.25, 0.3) is 0 Å².